The second-order valence-corrected chi connectivity index (χ2v) is 21.7. The van der Waals surface area contributed by atoms with E-state index in [1.165, 1.54) is 75.4 Å². The van der Waals surface area contributed by atoms with Crippen molar-refractivity contribution in [3.8, 4) is 23.7 Å². The topological polar surface area (TPSA) is 113 Å². The second-order valence-electron chi connectivity index (χ2n) is 19.6. The molecule has 62 heavy (non-hydrogen) atoms. The quantitative estimate of drug-likeness (QED) is 0.144. The number of aliphatic hydroxyl groups excluding tert-OH is 1. The van der Waals surface area contributed by atoms with Gasteiger partial charge in [-0.05, 0) is 130 Å². The Morgan fingerprint density at radius 2 is 1.10 bits per heavy atom. The highest BCUT2D eigenvalue weighted by molar-refractivity contribution is 7.15. The monoisotopic (exact) mass is 886 g/mol. The molecule has 2 unspecified atom stereocenters. The number of allylic oxidation sites excluding steroid dienone is 1. The summed E-state index contributed by atoms with van der Waals surface area (Å²) in [7, 11) is 2.76. The molecule has 4 fully saturated rings. The van der Waals surface area contributed by atoms with Crippen LogP contribution in [0, 0.1) is 58.2 Å². The number of rotatable bonds is 10. The van der Waals surface area contributed by atoms with Gasteiger partial charge in [0.15, 0.2) is 0 Å². The Labute approximate surface area is 379 Å². The first-order chi connectivity index (χ1) is 29.5. The van der Waals surface area contributed by atoms with Gasteiger partial charge in [0, 0.05) is 41.4 Å². The summed E-state index contributed by atoms with van der Waals surface area (Å²) in [6, 6.07) is 4.05. The summed E-state index contributed by atoms with van der Waals surface area (Å²) in [6.07, 6.45) is 18.4. The molecule has 4 heterocycles. The average molecular weight is 887 g/mol. The minimum Gasteiger partial charge on any atom is -0.465 e. The molecule has 2 amide bonds. The summed E-state index contributed by atoms with van der Waals surface area (Å²) in [5, 5.41) is 9.48. The van der Waals surface area contributed by atoms with E-state index in [2.05, 4.69) is 51.0 Å². The number of amides is 2. The zero-order chi connectivity index (χ0) is 45.2. The van der Waals surface area contributed by atoms with Gasteiger partial charge in [-0.3, -0.25) is 9.59 Å². The molecule has 2 aromatic heterocycles. The maximum atomic E-state index is 13.7. The van der Waals surface area contributed by atoms with E-state index in [1.807, 2.05) is 48.8 Å². The lowest BCUT2D eigenvalue weighted by atomic mass is 9.77. The molecule has 0 radical (unpaired) electrons. The van der Waals surface area contributed by atoms with Gasteiger partial charge in [-0.15, -0.1) is 29.3 Å². The number of anilines is 2. The van der Waals surface area contributed by atoms with Gasteiger partial charge < -0.3 is 24.4 Å². The molecule has 2 aromatic rings. The molecule has 4 atom stereocenters. The predicted molar refractivity (Wildman–Crippen MR) is 252 cm³/mol. The van der Waals surface area contributed by atoms with Crippen molar-refractivity contribution in [2.24, 2.45) is 34.5 Å². The van der Waals surface area contributed by atoms with Crippen LogP contribution in [0.2, 0.25) is 0 Å². The normalized spacial score (nSPS) is 22.7. The molecule has 2 aliphatic heterocycles. The Hall–Kier alpha value is -3.90. The molecule has 0 spiro atoms. The summed E-state index contributed by atoms with van der Waals surface area (Å²) < 4.78 is 10.1. The van der Waals surface area contributed by atoms with Crippen LogP contribution in [0.3, 0.4) is 0 Å². The van der Waals surface area contributed by atoms with Crippen LogP contribution in [0.4, 0.5) is 11.4 Å². The first-order valence-electron chi connectivity index (χ1n) is 22.9. The third-order valence-electron chi connectivity index (χ3n) is 12.6. The smallest absolute Gasteiger partial charge is 0.350 e. The predicted octanol–water partition coefficient (Wildman–Crippen LogP) is 11.2. The van der Waals surface area contributed by atoms with Crippen molar-refractivity contribution in [3.05, 3.63) is 44.3 Å². The fraction of sp³-hybridized carbons (Fsp3) is 0.647. The van der Waals surface area contributed by atoms with Gasteiger partial charge in [0.1, 0.15) is 9.75 Å². The fourth-order valence-electron chi connectivity index (χ4n) is 9.56. The number of ether oxygens (including phenoxy) is 2. The van der Waals surface area contributed by atoms with Crippen LogP contribution in [0.25, 0.3) is 0 Å². The highest BCUT2D eigenvalue weighted by Gasteiger charge is 2.43. The highest BCUT2D eigenvalue weighted by atomic mass is 32.1. The number of methoxy groups -OCH3 is 2. The average Bonchev–Trinajstić information content (AvgIpc) is 3.88. The number of piperidine rings is 2. The van der Waals surface area contributed by atoms with Crippen molar-refractivity contribution in [2.45, 2.75) is 156 Å². The Morgan fingerprint density at radius 1 is 0.694 bits per heavy atom. The maximum Gasteiger partial charge on any atom is 0.350 e. The first kappa shape index (κ1) is 49.1. The molecule has 6 rings (SSSR count). The van der Waals surface area contributed by atoms with Gasteiger partial charge >= 0.3 is 11.9 Å². The number of carbonyl (C=O) groups excluding carboxylic acids is 4. The molecule has 2 aliphatic carbocycles. The zero-order valence-corrected chi connectivity index (χ0v) is 40.2. The molecule has 0 bridgehead atoms. The van der Waals surface area contributed by atoms with Gasteiger partial charge in [-0.2, -0.15) is 0 Å². The number of hydrogen-bond acceptors (Lipinski definition) is 9. The summed E-state index contributed by atoms with van der Waals surface area (Å²) in [5.41, 5.74) is 1.02. The van der Waals surface area contributed by atoms with E-state index in [9.17, 15) is 24.3 Å². The van der Waals surface area contributed by atoms with Crippen LogP contribution in [0.5, 0.6) is 0 Å². The van der Waals surface area contributed by atoms with E-state index >= 15 is 0 Å². The summed E-state index contributed by atoms with van der Waals surface area (Å²) >= 11 is 2.63. The standard InChI is InChI=1S/C26H35NO3S.C25H35NO4S/c1-6-10-19-13-14-21(18-11-8-7-9-12-18)27(24(19)28)22-17-20(15-16-26(2,3)4)31-23(22)25(29)30-5;1-25(2,3)14-12-19-16-21(22(31-19)24(29)30-4)26-20(17-8-6-5-7-9-17)11-10-18(13-15-27)23(26)28/h6,17-19,21H,1,7-14H2,2-5H3;16-18,20,27H,5-11,13,15H2,1-4H3/t19?,21-;18?,20-/m00/s1. The third-order valence-corrected chi connectivity index (χ3v) is 14.6. The van der Waals surface area contributed by atoms with Crippen molar-refractivity contribution in [3.63, 3.8) is 0 Å². The second kappa shape index (κ2) is 22.1. The number of thiophene rings is 2. The molecule has 9 nitrogen and oxygen atoms in total. The lowest BCUT2D eigenvalue weighted by Crippen LogP contribution is -2.52. The molecule has 1 N–H and O–H groups in total. The zero-order valence-electron chi connectivity index (χ0n) is 38.5. The third kappa shape index (κ3) is 12.6. The van der Waals surface area contributed by atoms with E-state index < -0.39 is 11.9 Å². The fourth-order valence-corrected chi connectivity index (χ4v) is 11.4. The van der Waals surface area contributed by atoms with E-state index in [-0.39, 0.29) is 53.2 Å². The van der Waals surface area contributed by atoms with Crippen LogP contribution in [0.1, 0.15) is 173 Å². The molecule has 11 heteroatoms. The SMILES string of the molecule is C=CCC1CC[C@@H](C2CCCCC2)N(c2cc(C#CC(C)(C)C)sc2C(=O)OC)C1=O.COC(=O)c1sc(C#CC(C)(C)C)cc1N1C(=O)C(CCO)CC[C@H]1C1CCCCC1. The number of aliphatic hydroxyl groups is 1. The molecule has 4 aliphatic rings. The largest absolute Gasteiger partial charge is 0.465 e. The number of nitrogens with zero attached hydrogens (tertiary/aromatic N) is 2. The summed E-state index contributed by atoms with van der Waals surface area (Å²) in [6.45, 7) is 16.1. The van der Waals surface area contributed by atoms with Crippen molar-refractivity contribution >= 4 is 57.8 Å². The van der Waals surface area contributed by atoms with Gasteiger partial charge in [0.2, 0.25) is 11.8 Å². The van der Waals surface area contributed by atoms with Crippen LogP contribution < -0.4 is 9.80 Å². The summed E-state index contributed by atoms with van der Waals surface area (Å²) in [4.78, 5) is 58.9. The van der Waals surface area contributed by atoms with E-state index in [0.29, 0.717) is 45.8 Å². The van der Waals surface area contributed by atoms with Crippen molar-refractivity contribution in [2.75, 3.05) is 30.6 Å². The Kier molecular flexibility index (Phi) is 17.5. The molecule has 2 saturated carbocycles. The van der Waals surface area contributed by atoms with Crippen LogP contribution >= 0.6 is 22.7 Å². The number of hydrogen-bond donors (Lipinski definition) is 1. The van der Waals surface area contributed by atoms with Crippen molar-refractivity contribution in [1.82, 2.24) is 0 Å². The van der Waals surface area contributed by atoms with E-state index in [4.69, 9.17) is 9.47 Å². The number of esters is 2. The van der Waals surface area contributed by atoms with Crippen molar-refractivity contribution in [1.29, 1.82) is 0 Å². The molecule has 2 saturated heterocycles. The van der Waals surface area contributed by atoms with Crippen LogP contribution in [-0.4, -0.2) is 61.8 Å². The maximum absolute atomic E-state index is 13.7. The van der Waals surface area contributed by atoms with Crippen molar-refractivity contribution < 1.29 is 33.8 Å². The Morgan fingerprint density at radius 3 is 1.47 bits per heavy atom. The van der Waals surface area contributed by atoms with Gasteiger partial charge in [0.25, 0.3) is 0 Å². The first-order valence-corrected chi connectivity index (χ1v) is 24.5. The Bertz CT molecular complexity index is 2020. The minimum absolute atomic E-state index is 0.00581. The minimum atomic E-state index is -0.428. The van der Waals surface area contributed by atoms with E-state index in [1.54, 1.807) is 0 Å². The van der Waals surface area contributed by atoms with Crippen LogP contribution in [-0.2, 0) is 19.1 Å². The van der Waals surface area contributed by atoms with E-state index in [0.717, 1.165) is 61.1 Å². The number of carbonyl (C=O) groups is 4. The van der Waals surface area contributed by atoms with Gasteiger partial charge in [0.05, 0.1) is 35.3 Å². The Balaban J connectivity index is 0.000000234. The molecule has 338 valence electrons. The van der Waals surface area contributed by atoms with Crippen LogP contribution in [0.15, 0.2) is 24.8 Å². The molecular weight excluding hydrogens is 817 g/mol. The van der Waals surface area contributed by atoms with Gasteiger partial charge in [-0.1, -0.05) is 68.3 Å². The summed E-state index contributed by atoms with van der Waals surface area (Å²) in [5.74, 6) is 12.8. The molecule has 0 aromatic carbocycles. The highest BCUT2D eigenvalue weighted by Crippen LogP contribution is 2.44. The molecular formula is C51H70N2O7S2. The van der Waals surface area contributed by atoms with Gasteiger partial charge in [-0.25, -0.2) is 9.59 Å². The lowest BCUT2D eigenvalue weighted by molar-refractivity contribution is -0.126. The lowest BCUT2D eigenvalue weighted by Gasteiger charge is -2.44.